The van der Waals surface area contributed by atoms with Crippen LogP contribution in [0, 0.1) is 0 Å². The van der Waals surface area contributed by atoms with Crippen molar-refractivity contribution in [2.75, 3.05) is 19.6 Å². The van der Waals surface area contributed by atoms with E-state index in [0.717, 1.165) is 13.1 Å². The Bertz CT molecular complexity index is 126. The molecule has 0 spiro atoms. The van der Waals surface area contributed by atoms with Crippen LogP contribution < -0.4 is 5.32 Å². The van der Waals surface area contributed by atoms with E-state index in [-0.39, 0.29) is 0 Å². The minimum Gasteiger partial charge on any atom is -0.314 e. The van der Waals surface area contributed by atoms with Crippen LogP contribution in [0.25, 0.3) is 0 Å². The number of piperazine rings is 1. The second kappa shape index (κ2) is 3.11. The highest BCUT2D eigenvalue weighted by molar-refractivity contribution is 4.85. The van der Waals surface area contributed by atoms with Gasteiger partial charge in [0.1, 0.15) is 0 Å². The van der Waals surface area contributed by atoms with Crippen LogP contribution in [0.2, 0.25) is 0 Å². The van der Waals surface area contributed by atoms with Gasteiger partial charge in [-0.2, -0.15) is 0 Å². The second-order valence-electron chi connectivity index (χ2n) is 4.42. The minimum atomic E-state index is 0.335. The van der Waals surface area contributed by atoms with Gasteiger partial charge in [-0.05, 0) is 27.7 Å². The van der Waals surface area contributed by atoms with Gasteiger partial charge in [-0.3, -0.25) is 4.90 Å². The molecule has 0 saturated carbocycles. The quantitative estimate of drug-likeness (QED) is 0.564. The lowest BCUT2D eigenvalue weighted by atomic mass is 10.0. The smallest absolute Gasteiger partial charge is 0.0198 e. The third-order valence-electron chi connectivity index (χ3n) is 2.36. The van der Waals surface area contributed by atoms with Gasteiger partial charge in [-0.25, -0.2) is 0 Å². The summed E-state index contributed by atoms with van der Waals surface area (Å²) >= 11 is 0. The number of hydrogen-bond donors (Lipinski definition) is 1. The van der Waals surface area contributed by atoms with Crippen molar-refractivity contribution in [2.45, 2.75) is 39.3 Å². The Morgan fingerprint density at radius 3 is 2.36 bits per heavy atom. The predicted molar refractivity (Wildman–Crippen MR) is 48.8 cm³/mol. The maximum absolute atomic E-state index is 3.39. The normalized spacial score (nSPS) is 28.9. The lowest BCUT2D eigenvalue weighted by Crippen LogP contribution is -2.56. The van der Waals surface area contributed by atoms with Gasteiger partial charge in [-0.15, -0.1) is 0 Å². The third kappa shape index (κ3) is 2.17. The molecule has 0 aromatic rings. The molecule has 1 rings (SSSR count). The number of nitrogens with zero attached hydrogens (tertiary/aromatic N) is 1. The zero-order valence-corrected chi connectivity index (χ0v) is 8.15. The van der Waals surface area contributed by atoms with Crippen LogP contribution in [0.3, 0.4) is 0 Å². The van der Waals surface area contributed by atoms with Gasteiger partial charge in [0.05, 0.1) is 0 Å². The van der Waals surface area contributed by atoms with Gasteiger partial charge in [0.15, 0.2) is 0 Å². The zero-order valence-electron chi connectivity index (χ0n) is 8.15. The molecule has 1 N–H and O–H groups in total. The molecule has 1 fully saturated rings. The third-order valence-corrected chi connectivity index (χ3v) is 2.36. The highest BCUT2D eigenvalue weighted by atomic mass is 15.3. The summed E-state index contributed by atoms with van der Waals surface area (Å²) in [5.74, 6) is 0. The molecule has 0 aliphatic carbocycles. The van der Waals surface area contributed by atoms with E-state index in [9.17, 15) is 0 Å². The summed E-state index contributed by atoms with van der Waals surface area (Å²) in [6.07, 6.45) is 0. The standard InChI is InChI=1S/C9H20N2/c1-8-7-10-5-6-11(8)9(2,3)4/h8,10H,5-7H2,1-4H3. The molecule has 66 valence electrons. The highest BCUT2D eigenvalue weighted by Gasteiger charge is 2.27. The molecule has 0 amide bonds. The maximum Gasteiger partial charge on any atom is 0.0198 e. The van der Waals surface area contributed by atoms with Gasteiger partial charge >= 0.3 is 0 Å². The molecule has 2 nitrogen and oxygen atoms in total. The maximum atomic E-state index is 3.39. The zero-order chi connectivity index (χ0) is 8.48. The second-order valence-corrected chi connectivity index (χ2v) is 4.42. The first-order valence-electron chi connectivity index (χ1n) is 4.49. The minimum absolute atomic E-state index is 0.335. The van der Waals surface area contributed by atoms with Gasteiger partial charge < -0.3 is 5.32 Å². The summed E-state index contributed by atoms with van der Waals surface area (Å²) in [7, 11) is 0. The van der Waals surface area contributed by atoms with E-state index in [4.69, 9.17) is 0 Å². The number of rotatable bonds is 0. The molecule has 0 radical (unpaired) electrons. The van der Waals surface area contributed by atoms with E-state index in [2.05, 4.69) is 37.9 Å². The predicted octanol–water partition coefficient (Wildman–Crippen LogP) is 1.08. The van der Waals surface area contributed by atoms with Crippen molar-refractivity contribution >= 4 is 0 Å². The first-order valence-corrected chi connectivity index (χ1v) is 4.49. The summed E-state index contributed by atoms with van der Waals surface area (Å²) in [5.41, 5.74) is 0.335. The highest BCUT2D eigenvalue weighted by Crippen LogP contribution is 2.17. The Labute approximate surface area is 70.0 Å². The van der Waals surface area contributed by atoms with Crippen LogP contribution in [0.15, 0.2) is 0 Å². The molecule has 1 saturated heterocycles. The monoisotopic (exact) mass is 156 g/mol. The Morgan fingerprint density at radius 1 is 1.36 bits per heavy atom. The number of nitrogens with one attached hydrogen (secondary N) is 1. The average molecular weight is 156 g/mol. The Balaban J connectivity index is 2.55. The van der Waals surface area contributed by atoms with E-state index < -0.39 is 0 Å². The summed E-state index contributed by atoms with van der Waals surface area (Å²) in [6, 6.07) is 0.684. The molecular formula is C9H20N2. The Kier molecular flexibility index (Phi) is 2.55. The van der Waals surface area contributed by atoms with E-state index in [1.54, 1.807) is 0 Å². The molecule has 1 unspecified atom stereocenters. The Hall–Kier alpha value is -0.0800. The first kappa shape index (κ1) is 9.01. The first-order chi connectivity index (χ1) is 5.02. The van der Waals surface area contributed by atoms with Crippen LogP contribution in [-0.4, -0.2) is 36.1 Å². The van der Waals surface area contributed by atoms with E-state index in [0.29, 0.717) is 11.6 Å². The fourth-order valence-corrected chi connectivity index (χ4v) is 1.84. The molecule has 0 bridgehead atoms. The molecule has 11 heavy (non-hydrogen) atoms. The topological polar surface area (TPSA) is 15.3 Å². The molecule has 0 aromatic carbocycles. The van der Waals surface area contributed by atoms with E-state index in [1.807, 2.05) is 0 Å². The van der Waals surface area contributed by atoms with Crippen molar-refractivity contribution < 1.29 is 0 Å². The molecule has 1 aliphatic heterocycles. The molecule has 2 heteroatoms. The van der Waals surface area contributed by atoms with Crippen molar-refractivity contribution in [2.24, 2.45) is 0 Å². The van der Waals surface area contributed by atoms with Crippen molar-refractivity contribution in [3.63, 3.8) is 0 Å². The SMILES string of the molecule is CC1CNCCN1C(C)(C)C. The lowest BCUT2D eigenvalue weighted by Gasteiger charge is -2.43. The number of hydrogen-bond acceptors (Lipinski definition) is 2. The molecular weight excluding hydrogens is 136 g/mol. The summed E-state index contributed by atoms with van der Waals surface area (Å²) in [6.45, 7) is 12.6. The van der Waals surface area contributed by atoms with Crippen molar-refractivity contribution in [3.8, 4) is 0 Å². The van der Waals surface area contributed by atoms with Crippen molar-refractivity contribution in [1.29, 1.82) is 0 Å². The van der Waals surface area contributed by atoms with Crippen LogP contribution in [0.5, 0.6) is 0 Å². The van der Waals surface area contributed by atoms with Crippen LogP contribution >= 0.6 is 0 Å². The fourth-order valence-electron chi connectivity index (χ4n) is 1.84. The summed E-state index contributed by atoms with van der Waals surface area (Å²) in [4.78, 5) is 2.56. The van der Waals surface area contributed by atoms with E-state index >= 15 is 0 Å². The average Bonchev–Trinajstić information content (AvgIpc) is 1.86. The molecule has 1 atom stereocenters. The van der Waals surface area contributed by atoms with Gasteiger partial charge in [0.2, 0.25) is 0 Å². The van der Waals surface area contributed by atoms with E-state index in [1.165, 1.54) is 6.54 Å². The molecule has 0 aromatic heterocycles. The molecule has 1 heterocycles. The van der Waals surface area contributed by atoms with Crippen molar-refractivity contribution in [1.82, 2.24) is 10.2 Å². The van der Waals surface area contributed by atoms with Crippen LogP contribution in [0.1, 0.15) is 27.7 Å². The largest absolute Gasteiger partial charge is 0.314 e. The summed E-state index contributed by atoms with van der Waals surface area (Å²) < 4.78 is 0. The van der Waals surface area contributed by atoms with Gasteiger partial charge in [-0.1, -0.05) is 0 Å². The fraction of sp³-hybridized carbons (Fsp3) is 1.00. The van der Waals surface area contributed by atoms with Crippen LogP contribution in [-0.2, 0) is 0 Å². The molecule has 1 aliphatic rings. The van der Waals surface area contributed by atoms with Crippen LogP contribution in [0.4, 0.5) is 0 Å². The van der Waals surface area contributed by atoms with Gasteiger partial charge in [0.25, 0.3) is 0 Å². The Morgan fingerprint density at radius 2 is 2.00 bits per heavy atom. The summed E-state index contributed by atoms with van der Waals surface area (Å²) in [5, 5.41) is 3.39. The lowest BCUT2D eigenvalue weighted by molar-refractivity contribution is 0.0704. The van der Waals surface area contributed by atoms with Crippen molar-refractivity contribution in [3.05, 3.63) is 0 Å². The van der Waals surface area contributed by atoms with Gasteiger partial charge in [0, 0.05) is 31.2 Å².